The van der Waals surface area contributed by atoms with Crippen molar-refractivity contribution in [2.75, 3.05) is 39.3 Å². The summed E-state index contributed by atoms with van der Waals surface area (Å²) in [6.07, 6.45) is 2.68. The van der Waals surface area contributed by atoms with Crippen molar-refractivity contribution in [2.24, 2.45) is 5.92 Å². The van der Waals surface area contributed by atoms with E-state index in [4.69, 9.17) is 4.74 Å². The van der Waals surface area contributed by atoms with Crippen LogP contribution >= 0.6 is 0 Å². The van der Waals surface area contributed by atoms with Crippen molar-refractivity contribution in [3.63, 3.8) is 0 Å². The van der Waals surface area contributed by atoms with E-state index in [2.05, 4.69) is 37.5 Å². The molecule has 0 atom stereocenters. The van der Waals surface area contributed by atoms with Gasteiger partial charge in [-0.2, -0.15) is 0 Å². The fourth-order valence-corrected chi connectivity index (χ4v) is 3.65. The van der Waals surface area contributed by atoms with Gasteiger partial charge in [0, 0.05) is 12.1 Å². The van der Waals surface area contributed by atoms with E-state index in [-0.39, 0.29) is 11.5 Å². The van der Waals surface area contributed by atoms with Crippen molar-refractivity contribution in [2.45, 2.75) is 59.4 Å². The first-order chi connectivity index (χ1) is 9.97. The quantitative estimate of drug-likeness (QED) is 0.645. The Balaban J connectivity index is 2.74. The zero-order chi connectivity index (χ0) is 15.9. The molecule has 0 spiro atoms. The fourth-order valence-electron chi connectivity index (χ4n) is 3.65. The lowest BCUT2D eigenvalue weighted by molar-refractivity contribution is -0.147. The molecule has 0 aromatic heterocycles. The van der Waals surface area contributed by atoms with Gasteiger partial charge in [-0.15, -0.1) is 0 Å². The number of rotatable bonds is 8. The molecule has 0 aliphatic carbocycles. The van der Waals surface area contributed by atoms with Crippen molar-refractivity contribution in [3.8, 4) is 0 Å². The monoisotopic (exact) mass is 298 g/mol. The highest BCUT2D eigenvalue weighted by atomic mass is 16.5. The van der Waals surface area contributed by atoms with Crippen LogP contribution in [0, 0.1) is 5.92 Å². The summed E-state index contributed by atoms with van der Waals surface area (Å²) >= 11 is 0. The second kappa shape index (κ2) is 8.74. The Bertz CT molecular complexity index is 306. The maximum absolute atomic E-state index is 12.0. The number of piperidine rings is 1. The van der Waals surface area contributed by atoms with E-state index in [1.54, 1.807) is 0 Å². The van der Waals surface area contributed by atoms with Gasteiger partial charge < -0.3 is 9.64 Å². The van der Waals surface area contributed by atoms with Gasteiger partial charge in [-0.25, -0.2) is 0 Å². The molecule has 0 aromatic carbocycles. The Morgan fingerprint density at radius 2 is 1.76 bits per heavy atom. The van der Waals surface area contributed by atoms with Crippen molar-refractivity contribution >= 4 is 5.97 Å². The highest BCUT2D eigenvalue weighted by Gasteiger charge is 2.40. The number of carbonyl (C=O) groups is 1. The van der Waals surface area contributed by atoms with E-state index in [9.17, 15) is 4.79 Å². The minimum Gasteiger partial charge on any atom is -0.466 e. The molecule has 0 bridgehead atoms. The Morgan fingerprint density at radius 3 is 2.19 bits per heavy atom. The molecule has 1 heterocycles. The molecular weight excluding hydrogens is 264 g/mol. The van der Waals surface area contributed by atoms with E-state index in [0.717, 1.165) is 45.6 Å². The molecule has 0 saturated carbocycles. The van der Waals surface area contributed by atoms with Crippen LogP contribution in [0.3, 0.4) is 0 Å². The first-order valence-electron chi connectivity index (χ1n) is 8.60. The number of hydrogen-bond donors (Lipinski definition) is 0. The van der Waals surface area contributed by atoms with Crippen LogP contribution in [-0.4, -0.2) is 60.6 Å². The van der Waals surface area contributed by atoms with Crippen molar-refractivity contribution in [1.82, 2.24) is 9.80 Å². The maximum Gasteiger partial charge on any atom is 0.307 e. The Morgan fingerprint density at radius 1 is 1.19 bits per heavy atom. The van der Waals surface area contributed by atoms with Gasteiger partial charge in [0.05, 0.1) is 13.0 Å². The van der Waals surface area contributed by atoms with E-state index in [1.165, 1.54) is 0 Å². The van der Waals surface area contributed by atoms with Gasteiger partial charge in [-0.3, -0.25) is 9.69 Å². The molecule has 0 radical (unpaired) electrons. The smallest absolute Gasteiger partial charge is 0.307 e. The summed E-state index contributed by atoms with van der Waals surface area (Å²) in [6, 6.07) is 0. The molecule has 21 heavy (non-hydrogen) atoms. The molecule has 0 N–H and O–H groups in total. The standard InChI is InChI=1S/C17H34N2O2/c1-6-19(7-2)17(13-16(20)21-8-3)9-11-18(12-10-17)14-15(4)5/h15H,6-14H2,1-5H3. The zero-order valence-corrected chi connectivity index (χ0v) is 14.7. The summed E-state index contributed by atoms with van der Waals surface area (Å²) in [4.78, 5) is 17.1. The largest absolute Gasteiger partial charge is 0.466 e. The van der Waals surface area contributed by atoms with Crippen molar-refractivity contribution in [1.29, 1.82) is 0 Å². The SMILES string of the molecule is CCOC(=O)CC1(N(CC)CC)CCN(CC(C)C)CC1. The summed E-state index contributed by atoms with van der Waals surface area (Å²) in [5.41, 5.74) is 0.00321. The van der Waals surface area contributed by atoms with Gasteiger partial charge in [0.2, 0.25) is 0 Å². The van der Waals surface area contributed by atoms with Crippen LogP contribution in [0.15, 0.2) is 0 Å². The Labute approximate surface area is 130 Å². The van der Waals surface area contributed by atoms with E-state index in [1.807, 2.05) is 6.92 Å². The van der Waals surface area contributed by atoms with E-state index < -0.39 is 0 Å². The molecule has 1 rings (SSSR count). The van der Waals surface area contributed by atoms with Crippen LogP contribution in [0.5, 0.6) is 0 Å². The van der Waals surface area contributed by atoms with Crippen LogP contribution in [0.2, 0.25) is 0 Å². The Kier molecular flexibility index (Phi) is 7.67. The Hall–Kier alpha value is -0.610. The van der Waals surface area contributed by atoms with E-state index in [0.29, 0.717) is 18.9 Å². The lowest BCUT2D eigenvalue weighted by atomic mass is 9.82. The molecule has 1 aliphatic rings. The highest BCUT2D eigenvalue weighted by Crippen LogP contribution is 2.33. The van der Waals surface area contributed by atoms with Crippen LogP contribution in [-0.2, 0) is 9.53 Å². The summed E-state index contributed by atoms with van der Waals surface area (Å²) in [5.74, 6) is 0.665. The topological polar surface area (TPSA) is 32.8 Å². The highest BCUT2D eigenvalue weighted by molar-refractivity contribution is 5.71. The minimum absolute atomic E-state index is 0.00321. The number of esters is 1. The predicted molar refractivity (Wildman–Crippen MR) is 87.4 cm³/mol. The molecule has 124 valence electrons. The molecule has 1 aliphatic heterocycles. The number of carbonyl (C=O) groups excluding carboxylic acids is 1. The molecule has 0 aromatic rings. The molecule has 4 nitrogen and oxygen atoms in total. The summed E-state index contributed by atoms with van der Waals surface area (Å²) in [7, 11) is 0. The number of ether oxygens (including phenoxy) is 1. The molecule has 1 fully saturated rings. The van der Waals surface area contributed by atoms with Gasteiger partial charge >= 0.3 is 5.97 Å². The third kappa shape index (κ3) is 5.26. The van der Waals surface area contributed by atoms with Gasteiger partial charge in [0.15, 0.2) is 0 Å². The van der Waals surface area contributed by atoms with Crippen LogP contribution < -0.4 is 0 Å². The third-order valence-corrected chi connectivity index (χ3v) is 4.62. The van der Waals surface area contributed by atoms with Crippen LogP contribution in [0.1, 0.15) is 53.9 Å². The van der Waals surface area contributed by atoms with Gasteiger partial charge in [-0.1, -0.05) is 27.7 Å². The normalized spacial score (nSPS) is 19.2. The second-order valence-electron chi connectivity index (χ2n) is 6.57. The van der Waals surface area contributed by atoms with Gasteiger partial charge in [-0.05, 0) is 51.9 Å². The van der Waals surface area contributed by atoms with Crippen molar-refractivity contribution < 1.29 is 9.53 Å². The first kappa shape index (κ1) is 18.4. The average molecular weight is 298 g/mol. The summed E-state index contributed by atoms with van der Waals surface area (Å²) in [5, 5.41) is 0. The summed E-state index contributed by atoms with van der Waals surface area (Å²) < 4.78 is 5.22. The first-order valence-corrected chi connectivity index (χ1v) is 8.60. The van der Waals surface area contributed by atoms with Gasteiger partial charge in [0.1, 0.15) is 0 Å². The number of hydrogen-bond acceptors (Lipinski definition) is 4. The van der Waals surface area contributed by atoms with Crippen LogP contribution in [0.25, 0.3) is 0 Å². The number of nitrogens with zero attached hydrogens (tertiary/aromatic N) is 2. The molecule has 1 saturated heterocycles. The van der Waals surface area contributed by atoms with Crippen LogP contribution in [0.4, 0.5) is 0 Å². The third-order valence-electron chi connectivity index (χ3n) is 4.62. The fraction of sp³-hybridized carbons (Fsp3) is 0.941. The molecular formula is C17H34N2O2. The zero-order valence-electron chi connectivity index (χ0n) is 14.7. The lowest BCUT2D eigenvalue weighted by Crippen LogP contribution is -2.56. The number of likely N-dealkylation sites (tertiary alicyclic amines) is 1. The summed E-state index contributed by atoms with van der Waals surface area (Å²) in [6.45, 7) is 16.6. The van der Waals surface area contributed by atoms with Crippen molar-refractivity contribution in [3.05, 3.63) is 0 Å². The maximum atomic E-state index is 12.0. The minimum atomic E-state index is -0.0401. The predicted octanol–water partition coefficient (Wildman–Crippen LogP) is 2.77. The molecule has 0 amide bonds. The lowest BCUT2D eigenvalue weighted by Gasteiger charge is -2.48. The molecule has 4 heteroatoms. The average Bonchev–Trinajstić information content (AvgIpc) is 2.42. The van der Waals surface area contributed by atoms with E-state index >= 15 is 0 Å². The second-order valence-corrected chi connectivity index (χ2v) is 6.57. The molecule has 0 unspecified atom stereocenters. The van der Waals surface area contributed by atoms with Gasteiger partial charge in [0.25, 0.3) is 0 Å².